The molecule has 4 heteroatoms. The van der Waals surface area contributed by atoms with E-state index in [0.717, 1.165) is 29.9 Å². The van der Waals surface area contributed by atoms with Gasteiger partial charge in [0.05, 0.1) is 5.69 Å². The number of nitrogens with zero attached hydrogens (tertiary/aromatic N) is 3. The van der Waals surface area contributed by atoms with Crippen LogP contribution >= 0.6 is 15.9 Å². The van der Waals surface area contributed by atoms with Gasteiger partial charge in [-0.3, -0.25) is 0 Å². The van der Waals surface area contributed by atoms with E-state index in [-0.39, 0.29) is 0 Å². The monoisotopic (exact) mass is 335 g/mol. The molecule has 0 bridgehead atoms. The maximum Gasteiger partial charge on any atom is 0.152 e. The highest BCUT2D eigenvalue weighted by molar-refractivity contribution is 9.08. The highest BCUT2D eigenvalue weighted by Gasteiger charge is 2.25. The maximum atomic E-state index is 4.86. The Hall–Kier alpha value is -1.03. The average molecular weight is 336 g/mol. The molecule has 0 radical (unpaired) electrons. The van der Waals surface area contributed by atoms with Gasteiger partial charge in [0.15, 0.2) is 5.82 Å². The molecule has 0 saturated carbocycles. The lowest BCUT2D eigenvalue weighted by molar-refractivity contribution is 0.325. The van der Waals surface area contributed by atoms with Gasteiger partial charge in [0.1, 0.15) is 5.65 Å². The summed E-state index contributed by atoms with van der Waals surface area (Å²) in [6.45, 7) is 6.99. The summed E-state index contributed by atoms with van der Waals surface area (Å²) in [6.07, 6.45) is 5.90. The molecule has 3 nitrogen and oxygen atoms in total. The third kappa shape index (κ3) is 2.58. The van der Waals surface area contributed by atoms with Crippen molar-refractivity contribution in [3.63, 3.8) is 0 Å². The van der Waals surface area contributed by atoms with Crippen LogP contribution in [0, 0.1) is 5.41 Å². The van der Waals surface area contributed by atoms with E-state index in [2.05, 4.69) is 63.5 Å². The van der Waals surface area contributed by atoms with Crippen molar-refractivity contribution in [1.29, 1.82) is 0 Å². The van der Waals surface area contributed by atoms with Gasteiger partial charge in [-0.25, -0.2) is 4.98 Å². The van der Waals surface area contributed by atoms with Gasteiger partial charge in [0.2, 0.25) is 0 Å². The number of fused-ring (bicyclic) bond motifs is 1. The number of hydrogen-bond donors (Lipinski definition) is 0. The number of anilines is 1. The second-order valence-electron chi connectivity index (χ2n) is 6.45. The molecule has 1 fully saturated rings. The Labute approximate surface area is 129 Å². The number of alkyl halides is 1. The van der Waals surface area contributed by atoms with Crippen molar-refractivity contribution in [2.45, 2.75) is 38.4 Å². The first-order valence-electron chi connectivity index (χ1n) is 7.38. The average Bonchev–Trinajstić information content (AvgIpc) is 2.70. The van der Waals surface area contributed by atoms with Gasteiger partial charge in [-0.15, -0.1) is 0 Å². The predicted molar refractivity (Wildman–Crippen MR) is 87.7 cm³/mol. The fourth-order valence-corrected chi connectivity index (χ4v) is 3.57. The molecule has 0 amide bonds. The smallest absolute Gasteiger partial charge is 0.152 e. The summed E-state index contributed by atoms with van der Waals surface area (Å²) >= 11 is 3.63. The van der Waals surface area contributed by atoms with E-state index in [0.29, 0.717) is 5.41 Å². The number of hydrogen-bond acceptors (Lipinski definition) is 2. The van der Waals surface area contributed by atoms with Crippen molar-refractivity contribution < 1.29 is 0 Å². The van der Waals surface area contributed by atoms with Crippen LogP contribution < -0.4 is 4.90 Å². The van der Waals surface area contributed by atoms with Gasteiger partial charge in [0.25, 0.3) is 0 Å². The molecule has 2 aromatic rings. The number of imidazole rings is 1. The van der Waals surface area contributed by atoms with E-state index in [1.165, 1.54) is 25.0 Å². The second kappa shape index (κ2) is 5.40. The predicted octanol–water partition coefficient (Wildman–Crippen LogP) is 4.25. The second-order valence-corrected chi connectivity index (χ2v) is 7.01. The lowest BCUT2D eigenvalue weighted by Gasteiger charge is -2.24. The van der Waals surface area contributed by atoms with Crippen molar-refractivity contribution in [2.75, 3.05) is 18.0 Å². The molecule has 0 aliphatic carbocycles. The van der Waals surface area contributed by atoms with Crippen molar-refractivity contribution >= 4 is 27.4 Å². The maximum absolute atomic E-state index is 4.86. The lowest BCUT2D eigenvalue weighted by Crippen LogP contribution is -2.26. The van der Waals surface area contributed by atoms with E-state index >= 15 is 0 Å². The molecule has 1 saturated heterocycles. The first kappa shape index (κ1) is 13.9. The molecule has 0 spiro atoms. The summed E-state index contributed by atoms with van der Waals surface area (Å²) in [5, 5.41) is 0.841. The van der Waals surface area contributed by atoms with Crippen LogP contribution in [0.25, 0.3) is 5.65 Å². The first-order chi connectivity index (χ1) is 9.61. The SMILES string of the molecule is CC1(C)CCCN(c2nc3ccccn3c2CBr)CC1. The van der Waals surface area contributed by atoms with Crippen LogP contribution in [0.3, 0.4) is 0 Å². The molecule has 1 aliphatic rings. The molecular formula is C16H22BrN3. The number of halogens is 1. The molecule has 1 aliphatic heterocycles. The standard InChI is InChI=1S/C16H22BrN3/c1-16(2)7-5-9-19(11-8-16)15-13(12-17)20-10-4-3-6-14(20)18-15/h3-4,6,10H,5,7-9,11-12H2,1-2H3. The van der Waals surface area contributed by atoms with Gasteiger partial charge >= 0.3 is 0 Å². The van der Waals surface area contributed by atoms with Crippen LogP contribution in [0.15, 0.2) is 24.4 Å². The minimum Gasteiger partial charge on any atom is -0.355 e. The van der Waals surface area contributed by atoms with Crippen LogP contribution in [0.4, 0.5) is 5.82 Å². The topological polar surface area (TPSA) is 20.5 Å². The van der Waals surface area contributed by atoms with Crippen molar-refractivity contribution in [2.24, 2.45) is 5.41 Å². The van der Waals surface area contributed by atoms with Gasteiger partial charge < -0.3 is 9.30 Å². The van der Waals surface area contributed by atoms with Crippen LogP contribution in [-0.2, 0) is 5.33 Å². The zero-order chi connectivity index (χ0) is 14.2. The van der Waals surface area contributed by atoms with E-state index in [1.54, 1.807) is 0 Å². The third-order valence-electron chi connectivity index (χ3n) is 4.37. The molecule has 3 rings (SSSR count). The third-order valence-corrected chi connectivity index (χ3v) is 4.91. The fourth-order valence-electron chi connectivity index (χ4n) is 3.05. The van der Waals surface area contributed by atoms with Gasteiger partial charge in [0, 0.05) is 24.6 Å². The van der Waals surface area contributed by atoms with E-state index < -0.39 is 0 Å². The van der Waals surface area contributed by atoms with E-state index in [4.69, 9.17) is 4.98 Å². The van der Waals surface area contributed by atoms with E-state index in [9.17, 15) is 0 Å². The first-order valence-corrected chi connectivity index (χ1v) is 8.50. The van der Waals surface area contributed by atoms with Gasteiger partial charge in [-0.05, 0) is 36.8 Å². The fraction of sp³-hybridized carbons (Fsp3) is 0.562. The molecule has 3 heterocycles. The molecule has 0 N–H and O–H groups in total. The highest BCUT2D eigenvalue weighted by atomic mass is 79.9. The molecule has 108 valence electrons. The Balaban J connectivity index is 1.97. The largest absolute Gasteiger partial charge is 0.355 e. The molecule has 2 aromatic heterocycles. The quantitative estimate of drug-likeness (QED) is 0.765. The van der Waals surface area contributed by atoms with Crippen molar-refractivity contribution in [1.82, 2.24) is 9.38 Å². The Morgan fingerprint density at radius 2 is 2.10 bits per heavy atom. The van der Waals surface area contributed by atoms with Gasteiger partial charge in [-0.1, -0.05) is 35.8 Å². The summed E-state index contributed by atoms with van der Waals surface area (Å²) in [5.41, 5.74) is 2.77. The van der Waals surface area contributed by atoms with Crippen molar-refractivity contribution in [3.8, 4) is 0 Å². The van der Waals surface area contributed by atoms with Crippen LogP contribution in [-0.4, -0.2) is 22.5 Å². The summed E-state index contributed by atoms with van der Waals surface area (Å²) in [5.74, 6) is 1.16. The van der Waals surface area contributed by atoms with E-state index in [1.807, 2.05) is 0 Å². The Morgan fingerprint density at radius 3 is 2.90 bits per heavy atom. The van der Waals surface area contributed by atoms with Crippen molar-refractivity contribution in [3.05, 3.63) is 30.1 Å². The molecule has 0 atom stereocenters. The van der Waals surface area contributed by atoms with Crippen LogP contribution in [0.1, 0.15) is 38.8 Å². The lowest BCUT2D eigenvalue weighted by atomic mass is 9.85. The molecule has 0 aromatic carbocycles. The highest BCUT2D eigenvalue weighted by Crippen LogP contribution is 2.33. The summed E-state index contributed by atoms with van der Waals surface area (Å²) in [7, 11) is 0. The summed E-state index contributed by atoms with van der Waals surface area (Å²) in [6, 6.07) is 6.20. The zero-order valence-electron chi connectivity index (χ0n) is 12.3. The Kier molecular flexibility index (Phi) is 3.76. The summed E-state index contributed by atoms with van der Waals surface area (Å²) in [4.78, 5) is 7.33. The number of rotatable bonds is 2. The minimum atomic E-state index is 0.461. The number of aromatic nitrogens is 2. The molecule has 0 unspecified atom stereocenters. The van der Waals surface area contributed by atoms with Crippen LogP contribution in [0.5, 0.6) is 0 Å². The Bertz CT molecular complexity index is 603. The minimum absolute atomic E-state index is 0.461. The zero-order valence-corrected chi connectivity index (χ0v) is 13.9. The molecule has 20 heavy (non-hydrogen) atoms. The van der Waals surface area contributed by atoms with Gasteiger partial charge in [-0.2, -0.15) is 0 Å². The number of pyridine rings is 1. The Morgan fingerprint density at radius 1 is 1.25 bits per heavy atom. The molecular weight excluding hydrogens is 314 g/mol. The summed E-state index contributed by atoms with van der Waals surface area (Å²) < 4.78 is 2.19. The van der Waals surface area contributed by atoms with Crippen LogP contribution in [0.2, 0.25) is 0 Å². The normalized spacial score (nSPS) is 19.2.